The largest absolute Gasteiger partial charge is 0.472 e. The lowest BCUT2D eigenvalue weighted by molar-refractivity contribution is 0.563. The second kappa shape index (κ2) is 3.22. The van der Waals surface area contributed by atoms with Crippen molar-refractivity contribution >= 4 is 17.3 Å². The molecule has 3 nitrogen and oxygen atoms in total. The van der Waals surface area contributed by atoms with E-state index < -0.39 is 0 Å². The Labute approximate surface area is 64.2 Å². The molecule has 0 aliphatic carbocycles. The molecule has 0 unspecified atom stereocenters. The van der Waals surface area contributed by atoms with Crippen LogP contribution in [-0.2, 0) is 6.54 Å². The summed E-state index contributed by atoms with van der Waals surface area (Å²) in [5.41, 5.74) is 6.23. The maximum atomic E-state index is 5.20. The number of nitrogens with two attached hydrogens (primary N) is 1. The Morgan fingerprint density at radius 1 is 1.80 bits per heavy atom. The zero-order valence-corrected chi connectivity index (χ0v) is 6.15. The van der Waals surface area contributed by atoms with Crippen LogP contribution in [0.4, 0.5) is 0 Å². The van der Waals surface area contributed by atoms with Gasteiger partial charge in [0, 0.05) is 12.1 Å². The van der Waals surface area contributed by atoms with Gasteiger partial charge in [0.15, 0.2) is 5.11 Å². The van der Waals surface area contributed by atoms with Crippen LogP contribution in [0.2, 0.25) is 0 Å². The lowest BCUT2D eigenvalue weighted by atomic mass is 10.3. The molecule has 0 saturated heterocycles. The average molecular weight is 156 g/mol. The highest BCUT2D eigenvalue weighted by molar-refractivity contribution is 7.80. The molecule has 0 aromatic carbocycles. The molecule has 1 rings (SSSR count). The molecule has 1 aromatic heterocycles. The summed E-state index contributed by atoms with van der Waals surface area (Å²) in [7, 11) is 0. The molecule has 1 aromatic rings. The lowest BCUT2D eigenvalue weighted by Crippen LogP contribution is -2.28. The maximum Gasteiger partial charge on any atom is 0.163 e. The lowest BCUT2D eigenvalue weighted by Gasteiger charge is -1.98. The Bertz CT molecular complexity index is 208. The molecular formula is C6H8N2OS. The highest BCUT2D eigenvalue weighted by Crippen LogP contribution is 1.97. The Morgan fingerprint density at radius 2 is 2.60 bits per heavy atom. The smallest absolute Gasteiger partial charge is 0.163 e. The van der Waals surface area contributed by atoms with Crippen molar-refractivity contribution in [3.05, 3.63) is 24.2 Å². The number of rotatable bonds is 2. The highest BCUT2D eigenvalue weighted by Gasteiger charge is 1.91. The molecule has 10 heavy (non-hydrogen) atoms. The predicted molar refractivity (Wildman–Crippen MR) is 42.3 cm³/mol. The minimum atomic E-state index is 0.307. The molecule has 54 valence electrons. The summed E-state index contributed by atoms with van der Waals surface area (Å²) in [5, 5.41) is 3.10. The van der Waals surface area contributed by atoms with Gasteiger partial charge in [0.05, 0.1) is 12.5 Å². The molecule has 0 fully saturated rings. The number of furan rings is 1. The van der Waals surface area contributed by atoms with Crippen molar-refractivity contribution in [2.45, 2.75) is 6.54 Å². The Kier molecular flexibility index (Phi) is 2.28. The van der Waals surface area contributed by atoms with Gasteiger partial charge in [0.2, 0.25) is 0 Å². The third kappa shape index (κ3) is 2.06. The molecule has 0 aliphatic rings. The van der Waals surface area contributed by atoms with Gasteiger partial charge in [-0.15, -0.1) is 0 Å². The van der Waals surface area contributed by atoms with E-state index in [1.54, 1.807) is 12.5 Å². The van der Waals surface area contributed by atoms with E-state index in [1.165, 1.54) is 0 Å². The Hall–Kier alpha value is -1.03. The van der Waals surface area contributed by atoms with Gasteiger partial charge in [-0.1, -0.05) is 0 Å². The fourth-order valence-electron chi connectivity index (χ4n) is 0.582. The summed E-state index contributed by atoms with van der Waals surface area (Å²) in [6, 6.07) is 1.85. The fourth-order valence-corrected chi connectivity index (χ4v) is 0.655. The number of nitrogens with one attached hydrogen (secondary N) is 1. The van der Waals surface area contributed by atoms with Gasteiger partial charge in [-0.05, 0) is 18.3 Å². The first-order chi connectivity index (χ1) is 4.79. The zero-order chi connectivity index (χ0) is 7.40. The van der Waals surface area contributed by atoms with Gasteiger partial charge >= 0.3 is 0 Å². The first-order valence-corrected chi connectivity index (χ1v) is 3.24. The molecule has 0 spiro atoms. The third-order valence-corrected chi connectivity index (χ3v) is 1.19. The second-order valence-electron chi connectivity index (χ2n) is 1.85. The highest BCUT2D eigenvalue weighted by atomic mass is 32.1. The predicted octanol–water partition coefficient (Wildman–Crippen LogP) is 0.613. The van der Waals surface area contributed by atoms with Gasteiger partial charge < -0.3 is 15.5 Å². The summed E-state index contributed by atoms with van der Waals surface area (Å²) in [5.74, 6) is 0. The van der Waals surface area contributed by atoms with Crippen LogP contribution < -0.4 is 11.1 Å². The standard InChI is InChI=1S/C6H8N2OS/c7-6(10)8-3-5-1-2-9-4-5/h1-2,4H,3H2,(H3,7,8,10). The minimum absolute atomic E-state index is 0.307. The second-order valence-corrected chi connectivity index (χ2v) is 2.29. The number of hydrogen-bond donors (Lipinski definition) is 2. The maximum absolute atomic E-state index is 5.20. The fraction of sp³-hybridized carbons (Fsp3) is 0.167. The molecule has 0 radical (unpaired) electrons. The van der Waals surface area contributed by atoms with Gasteiger partial charge in [-0.3, -0.25) is 0 Å². The van der Waals surface area contributed by atoms with Crippen LogP contribution in [0, 0.1) is 0 Å². The molecule has 0 amide bonds. The van der Waals surface area contributed by atoms with E-state index in [9.17, 15) is 0 Å². The molecule has 3 N–H and O–H groups in total. The van der Waals surface area contributed by atoms with Crippen LogP contribution >= 0.6 is 12.2 Å². The normalized spacial score (nSPS) is 9.20. The molecule has 0 bridgehead atoms. The third-order valence-electron chi connectivity index (χ3n) is 1.05. The SMILES string of the molecule is NC(=S)NCc1ccoc1. The van der Waals surface area contributed by atoms with Crippen molar-refractivity contribution in [3.8, 4) is 0 Å². The molecule has 0 saturated carbocycles. The summed E-state index contributed by atoms with van der Waals surface area (Å²) in [6.45, 7) is 0.631. The summed E-state index contributed by atoms with van der Waals surface area (Å²) < 4.78 is 4.82. The van der Waals surface area contributed by atoms with Crippen molar-refractivity contribution in [3.63, 3.8) is 0 Å². The van der Waals surface area contributed by atoms with Crippen LogP contribution in [0.15, 0.2) is 23.0 Å². The molecule has 0 aliphatic heterocycles. The van der Waals surface area contributed by atoms with Gasteiger partial charge in [0.1, 0.15) is 0 Å². The minimum Gasteiger partial charge on any atom is -0.472 e. The van der Waals surface area contributed by atoms with Gasteiger partial charge in [-0.2, -0.15) is 0 Å². The van der Waals surface area contributed by atoms with E-state index >= 15 is 0 Å². The van der Waals surface area contributed by atoms with E-state index in [-0.39, 0.29) is 0 Å². The monoisotopic (exact) mass is 156 g/mol. The van der Waals surface area contributed by atoms with Gasteiger partial charge in [-0.25, -0.2) is 0 Å². The molecule has 4 heteroatoms. The van der Waals surface area contributed by atoms with Crippen molar-refractivity contribution < 1.29 is 4.42 Å². The summed E-state index contributed by atoms with van der Waals surface area (Å²) >= 11 is 4.60. The molecule has 0 atom stereocenters. The Balaban J connectivity index is 2.35. The van der Waals surface area contributed by atoms with E-state index in [0.717, 1.165) is 5.56 Å². The van der Waals surface area contributed by atoms with Gasteiger partial charge in [0.25, 0.3) is 0 Å². The van der Waals surface area contributed by atoms with Crippen LogP contribution in [0.5, 0.6) is 0 Å². The quantitative estimate of drug-likeness (QED) is 0.616. The Morgan fingerprint density at radius 3 is 3.10 bits per heavy atom. The van der Waals surface area contributed by atoms with Crippen molar-refractivity contribution in [1.29, 1.82) is 0 Å². The van der Waals surface area contributed by atoms with Crippen LogP contribution in [-0.4, -0.2) is 5.11 Å². The average Bonchev–Trinajstić information content (AvgIpc) is 2.34. The van der Waals surface area contributed by atoms with Crippen molar-refractivity contribution in [2.24, 2.45) is 5.73 Å². The van der Waals surface area contributed by atoms with Crippen LogP contribution in [0.1, 0.15) is 5.56 Å². The van der Waals surface area contributed by atoms with Crippen LogP contribution in [0.25, 0.3) is 0 Å². The first-order valence-electron chi connectivity index (χ1n) is 2.83. The first kappa shape index (κ1) is 7.08. The topological polar surface area (TPSA) is 51.2 Å². The summed E-state index contributed by atoms with van der Waals surface area (Å²) in [6.07, 6.45) is 3.25. The van der Waals surface area contributed by atoms with E-state index in [0.29, 0.717) is 11.7 Å². The van der Waals surface area contributed by atoms with E-state index in [4.69, 9.17) is 10.2 Å². The van der Waals surface area contributed by atoms with Crippen LogP contribution in [0.3, 0.4) is 0 Å². The zero-order valence-electron chi connectivity index (χ0n) is 5.33. The van der Waals surface area contributed by atoms with Crippen molar-refractivity contribution in [1.82, 2.24) is 5.32 Å². The molecular weight excluding hydrogens is 148 g/mol. The van der Waals surface area contributed by atoms with E-state index in [2.05, 4.69) is 17.5 Å². The molecule has 1 heterocycles. The number of hydrogen-bond acceptors (Lipinski definition) is 2. The number of thiocarbonyl (C=S) groups is 1. The van der Waals surface area contributed by atoms with Crippen molar-refractivity contribution in [2.75, 3.05) is 0 Å². The summed E-state index contributed by atoms with van der Waals surface area (Å²) in [4.78, 5) is 0. The van der Waals surface area contributed by atoms with E-state index in [1.807, 2.05) is 6.07 Å².